The molecule has 3 heteroatoms. The predicted octanol–water partition coefficient (Wildman–Crippen LogP) is 2.84. The summed E-state index contributed by atoms with van der Waals surface area (Å²) in [6.07, 6.45) is 9.55. The van der Waals surface area contributed by atoms with Gasteiger partial charge in [0.25, 0.3) is 0 Å². The van der Waals surface area contributed by atoms with Crippen molar-refractivity contribution >= 4 is 5.69 Å². The number of para-hydroxylation sites is 2. The minimum atomic E-state index is 0.657. The number of imidazole rings is 1. The Hall–Kier alpha value is -1.77. The van der Waals surface area contributed by atoms with Gasteiger partial charge in [-0.2, -0.15) is 0 Å². The fourth-order valence-electron chi connectivity index (χ4n) is 1.99. The number of hydrogen-bond donors (Lipinski definition) is 1. The van der Waals surface area contributed by atoms with E-state index >= 15 is 0 Å². The van der Waals surface area contributed by atoms with Gasteiger partial charge in [-0.1, -0.05) is 12.1 Å². The molecule has 1 aliphatic carbocycles. The zero-order chi connectivity index (χ0) is 10.8. The number of nitrogens with one attached hydrogen (secondary N) is 1. The molecule has 0 atom stereocenters. The summed E-state index contributed by atoms with van der Waals surface area (Å²) in [5.41, 5.74) is 2.37. The largest absolute Gasteiger partial charge is 0.381 e. The van der Waals surface area contributed by atoms with Crippen LogP contribution in [0.25, 0.3) is 5.69 Å². The van der Waals surface area contributed by atoms with Crippen LogP contribution in [0.2, 0.25) is 0 Å². The summed E-state index contributed by atoms with van der Waals surface area (Å²) in [6, 6.07) is 9.03. The van der Waals surface area contributed by atoms with Crippen molar-refractivity contribution < 1.29 is 0 Å². The van der Waals surface area contributed by atoms with E-state index in [9.17, 15) is 0 Å². The summed E-state index contributed by atoms with van der Waals surface area (Å²) in [7, 11) is 0. The number of rotatable bonds is 3. The average molecular weight is 213 g/mol. The Bertz CT molecular complexity index is 458. The first-order valence-corrected chi connectivity index (χ1v) is 5.77. The molecule has 82 valence electrons. The summed E-state index contributed by atoms with van der Waals surface area (Å²) in [5.74, 6) is 0. The molecule has 1 aliphatic rings. The highest BCUT2D eigenvalue weighted by molar-refractivity contribution is 5.61. The number of benzene rings is 1. The van der Waals surface area contributed by atoms with Crippen LogP contribution in [0.1, 0.15) is 19.3 Å². The van der Waals surface area contributed by atoms with E-state index in [0.29, 0.717) is 6.04 Å². The second kappa shape index (κ2) is 4.00. The molecule has 1 fully saturated rings. The lowest BCUT2D eigenvalue weighted by Crippen LogP contribution is -2.27. The molecule has 0 saturated heterocycles. The Kier molecular flexibility index (Phi) is 2.37. The van der Waals surface area contributed by atoms with Crippen LogP contribution in [0.4, 0.5) is 5.69 Å². The third kappa shape index (κ3) is 1.69. The zero-order valence-electron chi connectivity index (χ0n) is 9.13. The maximum absolute atomic E-state index is 4.09. The lowest BCUT2D eigenvalue weighted by Gasteiger charge is -2.28. The molecule has 0 amide bonds. The van der Waals surface area contributed by atoms with Crippen molar-refractivity contribution in [2.45, 2.75) is 25.3 Å². The van der Waals surface area contributed by atoms with Gasteiger partial charge in [0.05, 0.1) is 17.7 Å². The normalized spacial score (nSPS) is 15.8. The van der Waals surface area contributed by atoms with Crippen molar-refractivity contribution in [3.05, 3.63) is 43.0 Å². The summed E-state index contributed by atoms with van der Waals surface area (Å²) < 4.78 is 2.04. The molecule has 0 spiro atoms. The van der Waals surface area contributed by atoms with E-state index in [1.165, 1.54) is 30.6 Å². The molecule has 1 aromatic carbocycles. The van der Waals surface area contributed by atoms with Gasteiger partial charge in [-0.15, -0.1) is 0 Å². The molecule has 0 unspecified atom stereocenters. The van der Waals surface area contributed by atoms with Crippen LogP contribution in [0, 0.1) is 0 Å². The van der Waals surface area contributed by atoms with Crippen molar-refractivity contribution in [3.8, 4) is 5.69 Å². The van der Waals surface area contributed by atoms with Gasteiger partial charge < -0.3 is 9.88 Å². The molecule has 1 heterocycles. The fourth-order valence-corrected chi connectivity index (χ4v) is 1.99. The maximum atomic E-state index is 4.09. The average Bonchev–Trinajstić information content (AvgIpc) is 2.77. The van der Waals surface area contributed by atoms with E-state index < -0.39 is 0 Å². The molecule has 0 bridgehead atoms. The van der Waals surface area contributed by atoms with Crippen LogP contribution in [0.3, 0.4) is 0 Å². The van der Waals surface area contributed by atoms with Crippen molar-refractivity contribution in [1.29, 1.82) is 0 Å². The van der Waals surface area contributed by atoms with Crippen molar-refractivity contribution in [2.75, 3.05) is 5.32 Å². The van der Waals surface area contributed by atoms with Crippen molar-refractivity contribution in [3.63, 3.8) is 0 Å². The molecule has 16 heavy (non-hydrogen) atoms. The van der Waals surface area contributed by atoms with Gasteiger partial charge in [-0.3, -0.25) is 0 Å². The Balaban J connectivity index is 1.91. The van der Waals surface area contributed by atoms with E-state index in [0.717, 1.165) is 0 Å². The van der Waals surface area contributed by atoms with E-state index in [-0.39, 0.29) is 0 Å². The Morgan fingerprint density at radius 3 is 2.81 bits per heavy atom. The molecular formula is C13H15N3. The van der Waals surface area contributed by atoms with Crippen LogP contribution < -0.4 is 5.32 Å². The lowest BCUT2D eigenvalue weighted by atomic mass is 9.93. The quantitative estimate of drug-likeness (QED) is 0.849. The first-order chi connectivity index (χ1) is 7.93. The predicted molar refractivity (Wildman–Crippen MR) is 64.8 cm³/mol. The highest BCUT2D eigenvalue weighted by Gasteiger charge is 2.17. The minimum Gasteiger partial charge on any atom is -0.381 e. The summed E-state index contributed by atoms with van der Waals surface area (Å²) in [6.45, 7) is 0. The standard InChI is InChI=1S/C13H15N3/c1-2-7-13(16-9-8-14-10-16)12(6-1)15-11-4-3-5-11/h1-2,6-11,15H,3-5H2. The fraction of sp³-hybridized carbons (Fsp3) is 0.308. The van der Waals surface area contributed by atoms with Gasteiger partial charge in [-0.25, -0.2) is 4.98 Å². The topological polar surface area (TPSA) is 29.9 Å². The molecular weight excluding hydrogens is 198 g/mol. The van der Waals surface area contributed by atoms with Crippen LogP contribution >= 0.6 is 0 Å². The van der Waals surface area contributed by atoms with Crippen LogP contribution in [0.15, 0.2) is 43.0 Å². The SMILES string of the molecule is c1ccc(-n2ccnc2)c(NC2CCC2)c1. The van der Waals surface area contributed by atoms with Crippen LogP contribution in [-0.4, -0.2) is 15.6 Å². The van der Waals surface area contributed by atoms with E-state index in [2.05, 4.69) is 34.6 Å². The Labute approximate surface area is 95.1 Å². The number of aromatic nitrogens is 2. The third-order valence-electron chi connectivity index (χ3n) is 3.15. The first-order valence-electron chi connectivity index (χ1n) is 5.77. The third-order valence-corrected chi connectivity index (χ3v) is 3.15. The molecule has 1 N–H and O–H groups in total. The molecule has 3 nitrogen and oxygen atoms in total. The second-order valence-electron chi connectivity index (χ2n) is 4.26. The number of hydrogen-bond acceptors (Lipinski definition) is 2. The van der Waals surface area contributed by atoms with Crippen LogP contribution in [0.5, 0.6) is 0 Å². The van der Waals surface area contributed by atoms with Gasteiger partial charge in [0, 0.05) is 18.4 Å². The molecule has 0 radical (unpaired) electrons. The molecule has 1 saturated carbocycles. The highest BCUT2D eigenvalue weighted by Crippen LogP contribution is 2.26. The number of nitrogens with zero attached hydrogens (tertiary/aromatic N) is 2. The summed E-state index contributed by atoms with van der Waals surface area (Å²) in [5, 5.41) is 3.59. The van der Waals surface area contributed by atoms with E-state index in [4.69, 9.17) is 0 Å². The molecule has 0 aliphatic heterocycles. The molecule has 2 aromatic rings. The van der Waals surface area contributed by atoms with E-state index in [1.54, 1.807) is 6.20 Å². The van der Waals surface area contributed by atoms with Gasteiger partial charge >= 0.3 is 0 Å². The number of anilines is 1. The Morgan fingerprint density at radius 1 is 1.25 bits per heavy atom. The van der Waals surface area contributed by atoms with Gasteiger partial charge in [-0.05, 0) is 31.4 Å². The maximum Gasteiger partial charge on any atom is 0.0992 e. The van der Waals surface area contributed by atoms with Crippen molar-refractivity contribution in [2.24, 2.45) is 0 Å². The Morgan fingerprint density at radius 2 is 2.12 bits per heavy atom. The summed E-state index contributed by atoms with van der Waals surface area (Å²) >= 11 is 0. The van der Waals surface area contributed by atoms with Gasteiger partial charge in [0.15, 0.2) is 0 Å². The van der Waals surface area contributed by atoms with Gasteiger partial charge in [0.1, 0.15) is 0 Å². The highest BCUT2D eigenvalue weighted by atomic mass is 15.1. The molecule has 3 rings (SSSR count). The van der Waals surface area contributed by atoms with Gasteiger partial charge in [0.2, 0.25) is 0 Å². The van der Waals surface area contributed by atoms with E-state index in [1.807, 2.05) is 17.1 Å². The monoisotopic (exact) mass is 213 g/mol. The summed E-state index contributed by atoms with van der Waals surface area (Å²) in [4.78, 5) is 4.09. The zero-order valence-corrected chi connectivity index (χ0v) is 9.13. The minimum absolute atomic E-state index is 0.657. The van der Waals surface area contributed by atoms with Crippen molar-refractivity contribution in [1.82, 2.24) is 9.55 Å². The first kappa shape index (κ1) is 9.46. The smallest absolute Gasteiger partial charge is 0.0992 e. The lowest BCUT2D eigenvalue weighted by molar-refractivity contribution is 0.445. The molecule has 1 aromatic heterocycles. The second-order valence-corrected chi connectivity index (χ2v) is 4.26. The van der Waals surface area contributed by atoms with Crippen LogP contribution in [-0.2, 0) is 0 Å².